The van der Waals surface area contributed by atoms with Gasteiger partial charge in [0.15, 0.2) is 5.82 Å². The molecule has 0 aliphatic carbocycles. The zero-order valence-corrected chi connectivity index (χ0v) is 12.9. The average molecular weight is 306 g/mol. The molecule has 0 saturated carbocycles. The molecule has 0 spiro atoms. The fourth-order valence-electron chi connectivity index (χ4n) is 2.34. The number of benzene rings is 1. The molecule has 1 aromatic carbocycles. The van der Waals surface area contributed by atoms with Gasteiger partial charge >= 0.3 is 0 Å². The first-order valence-corrected chi connectivity index (χ1v) is 7.48. The van der Waals surface area contributed by atoms with Crippen molar-refractivity contribution in [3.05, 3.63) is 77.7 Å². The zero-order valence-electron chi connectivity index (χ0n) is 12.9. The summed E-state index contributed by atoms with van der Waals surface area (Å²) in [5, 5.41) is 7.19. The summed E-state index contributed by atoms with van der Waals surface area (Å²) in [6.07, 6.45) is 3.93. The van der Waals surface area contributed by atoms with Gasteiger partial charge in [-0.25, -0.2) is 0 Å². The molecule has 5 nitrogen and oxygen atoms in total. The lowest BCUT2D eigenvalue weighted by Gasteiger charge is -2.05. The Morgan fingerprint density at radius 2 is 1.96 bits per heavy atom. The molecule has 1 N–H and O–H groups in total. The number of hydrogen-bond donors (Lipinski definition) is 1. The van der Waals surface area contributed by atoms with Crippen LogP contribution in [0.5, 0.6) is 0 Å². The highest BCUT2D eigenvalue weighted by Gasteiger charge is 2.08. The number of amides is 1. The minimum absolute atomic E-state index is 0.0672. The molecule has 0 fully saturated rings. The van der Waals surface area contributed by atoms with Gasteiger partial charge < -0.3 is 5.32 Å². The normalized spacial score (nSPS) is 10.5. The van der Waals surface area contributed by atoms with Crippen molar-refractivity contribution in [1.82, 2.24) is 14.8 Å². The molecule has 2 heterocycles. The van der Waals surface area contributed by atoms with Gasteiger partial charge in [0, 0.05) is 18.5 Å². The van der Waals surface area contributed by atoms with Crippen molar-refractivity contribution >= 4 is 11.7 Å². The fraction of sp³-hybridized carbons (Fsp3) is 0.167. The van der Waals surface area contributed by atoms with Crippen LogP contribution in [0.15, 0.2) is 60.9 Å². The largest absolute Gasteiger partial charge is 0.309 e. The van der Waals surface area contributed by atoms with Crippen molar-refractivity contribution in [1.29, 1.82) is 0 Å². The molecule has 0 unspecified atom stereocenters. The molecular weight excluding hydrogens is 288 g/mol. The van der Waals surface area contributed by atoms with E-state index in [4.69, 9.17) is 0 Å². The lowest BCUT2D eigenvalue weighted by atomic mass is 10.1. The van der Waals surface area contributed by atoms with Crippen LogP contribution in [0.3, 0.4) is 0 Å². The van der Waals surface area contributed by atoms with Crippen molar-refractivity contribution < 1.29 is 4.79 Å². The van der Waals surface area contributed by atoms with E-state index in [0.29, 0.717) is 18.8 Å². The first-order chi connectivity index (χ1) is 11.2. The summed E-state index contributed by atoms with van der Waals surface area (Å²) < 4.78 is 1.76. The van der Waals surface area contributed by atoms with Crippen molar-refractivity contribution in [3.8, 4) is 0 Å². The van der Waals surface area contributed by atoms with Crippen LogP contribution in [-0.2, 0) is 17.8 Å². The van der Waals surface area contributed by atoms with Gasteiger partial charge in [0.2, 0.25) is 5.91 Å². The minimum atomic E-state index is -0.0672. The van der Waals surface area contributed by atoms with Crippen LogP contribution in [0, 0.1) is 6.92 Å². The zero-order chi connectivity index (χ0) is 16.1. The van der Waals surface area contributed by atoms with E-state index < -0.39 is 0 Å². The number of aryl methyl sites for hydroxylation is 1. The third-order valence-electron chi connectivity index (χ3n) is 3.57. The Labute approximate surface area is 135 Å². The van der Waals surface area contributed by atoms with Crippen molar-refractivity contribution in [2.75, 3.05) is 5.32 Å². The smallest absolute Gasteiger partial charge is 0.230 e. The van der Waals surface area contributed by atoms with Crippen molar-refractivity contribution in [3.63, 3.8) is 0 Å². The van der Waals surface area contributed by atoms with Crippen LogP contribution in [0.1, 0.15) is 16.8 Å². The molecule has 0 bridgehead atoms. The van der Waals surface area contributed by atoms with Gasteiger partial charge in [-0.2, -0.15) is 5.10 Å². The average Bonchev–Trinajstić information content (AvgIpc) is 2.97. The number of anilines is 1. The summed E-state index contributed by atoms with van der Waals surface area (Å²) in [5.74, 6) is 0.488. The number of aromatic nitrogens is 3. The molecule has 116 valence electrons. The Kier molecular flexibility index (Phi) is 4.47. The molecule has 3 rings (SSSR count). The molecule has 5 heteroatoms. The van der Waals surface area contributed by atoms with Gasteiger partial charge in [-0.3, -0.25) is 14.5 Å². The molecule has 0 aliphatic rings. The number of hydrogen-bond acceptors (Lipinski definition) is 3. The van der Waals surface area contributed by atoms with E-state index in [-0.39, 0.29) is 5.91 Å². The second-order valence-corrected chi connectivity index (χ2v) is 5.37. The molecule has 0 saturated heterocycles. The monoisotopic (exact) mass is 306 g/mol. The van der Waals surface area contributed by atoms with E-state index in [1.54, 1.807) is 16.9 Å². The molecule has 2 aromatic heterocycles. The summed E-state index contributed by atoms with van der Waals surface area (Å²) in [5.41, 5.74) is 3.06. The highest BCUT2D eigenvalue weighted by Crippen LogP contribution is 2.10. The van der Waals surface area contributed by atoms with Gasteiger partial charge in [0.1, 0.15) is 0 Å². The van der Waals surface area contributed by atoms with Crippen LogP contribution >= 0.6 is 0 Å². The third kappa shape index (κ3) is 4.03. The Morgan fingerprint density at radius 1 is 1.13 bits per heavy atom. The Bertz CT molecular complexity index is 796. The second-order valence-electron chi connectivity index (χ2n) is 5.37. The van der Waals surface area contributed by atoms with E-state index in [1.807, 2.05) is 55.6 Å². The molecular formula is C18H18N4O. The van der Waals surface area contributed by atoms with Gasteiger partial charge in [-0.1, -0.05) is 30.3 Å². The van der Waals surface area contributed by atoms with E-state index in [2.05, 4.69) is 15.4 Å². The first-order valence-electron chi connectivity index (χ1n) is 7.48. The molecule has 1 amide bonds. The van der Waals surface area contributed by atoms with Crippen molar-refractivity contribution in [2.45, 2.75) is 19.9 Å². The summed E-state index contributed by atoms with van der Waals surface area (Å²) in [6.45, 7) is 2.58. The van der Waals surface area contributed by atoms with E-state index >= 15 is 0 Å². The summed E-state index contributed by atoms with van der Waals surface area (Å²) in [4.78, 5) is 16.4. The van der Waals surface area contributed by atoms with Crippen LogP contribution in [-0.4, -0.2) is 20.7 Å². The second kappa shape index (κ2) is 6.87. The highest BCUT2D eigenvalue weighted by molar-refractivity contribution is 5.91. The lowest BCUT2D eigenvalue weighted by molar-refractivity contribution is -0.115. The Morgan fingerprint density at radius 3 is 2.74 bits per heavy atom. The predicted octanol–water partition coefficient (Wildman–Crippen LogP) is 2.82. The number of nitrogens with zero attached hydrogens (tertiary/aromatic N) is 3. The maximum Gasteiger partial charge on any atom is 0.230 e. The molecule has 0 aliphatic heterocycles. The molecule has 0 radical (unpaired) electrons. The summed E-state index contributed by atoms with van der Waals surface area (Å²) in [7, 11) is 0. The van der Waals surface area contributed by atoms with Crippen LogP contribution in [0.4, 0.5) is 5.82 Å². The summed E-state index contributed by atoms with van der Waals surface area (Å²) >= 11 is 0. The lowest BCUT2D eigenvalue weighted by Crippen LogP contribution is -2.15. The van der Waals surface area contributed by atoms with Gasteiger partial charge in [0.25, 0.3) is 0 Å². The SMILES string of the molecule is Cc1ccccc1CC(=O)Nc1ccn(Cc2ccccn2)n1. The highest BCUT2D eigenvalue weighted by atomic mass is 16.1. The topological polar surface area (TPSA) is 59.8 Å². The number of pyridine rings is 1. The molecule has 0 atom stereocenters. The predicted molar refractivity (Wildman–Crippen MR) is 89.1 cm³/mol. The number of carbonyl (C=O) groups excluding carboxylic acids is 1. The van der Waals surface area contributed by atoms with Crippen LogP contribution in [0.25, 0.3) is 0 Å². The maximum absolute atomic E-state index is 12.1. The standard InChI is InChI=1S/C18H18N4O/c1-14-6-2-3-7-15(14)12-18(23)20-17-9-11-22(21-17)13-16-8-4-5-10-19-16/h2-11H,12-13H2,1H3,(H,20,21,23). The van der Waals surface area contributed by atoms with E-state index in [0.717, 1.165) is 16.8 Å². The van der Waals surface area contributed by atoms with Gasteiger partial charge in [-0.05, 0) is 30.2 Å². The minimum Gasteiger partial charge on any atom is -0.309 e. The number of nitrogens with one attached hydrogen (secondary N) is 1. The van der Waals surface area contributed by atoms with Crippen LogP contribution in [0.2, 0.25) is 0 Å². The Balaban J connectivity index is 1.60. The number of rotatable bonds is 5. The quantitative estimate of drug-likeness (QED) is 0.788. The van der Waals surface area contributed by atoms with E-state index in [1.165, 1.54) is 0 Å². The van der Waals surface area contributed by atoms with Gasteiger partial charge in [-0.15, -0.1) is 0 Å². The summed E-state index contributed by atoms with van der Waals surface area (Å²) in [6, 6.07) is 15.4. The van der Waals surface area contributed by atoms with Gasteiger partial charge in [0.05, 0.1) is 18.7 Å². The maximum atomic E-state index is 12.1. The molecule has 3 aromatic rings. The number of carbonyl (C=O) groups is 1. The van der Waals surface area contributed by atoms with Crippen molar-refractivity contribution in [2.24, 2.45) is 0 Å². The van der Waals surface area contributed by atoms with Crippen LogP contribution < -0.4 is 5.32 Å². The first kappa shape index (κ1) is 15.0. The van der Waals surface area contributed by atoms with E-state index in [9.17, 15) is 4.79 Å². The third-order valence-corrected chi connectivity index (χ3v) is 3.57. The Hall–Kier alpha value is -2.95. The molecule has 23 heavy (non-hydrogen) atoms. The fourth-order valence-corrected chi connectivity index (χ4v) is 2.34.